The quantitative estimate of drug-likeness (QED) is 0.750. The average Bonchev–Trinajstić information content (AvgIpc) is 2.50. The van der Waals surface area contributed by atoms with Crippen LogP contribution < -0.4 is 15.4 Å². The molecular formula is C18H21BrN2O2. The van der Waals surface area contributed by atoms with Crippen LogP contribution in [0.3, 0.4) is 0 Å². The number of benzene rings is 2. The first-order chi connectivity index (χ1) is 11.0. The van der Waals surface area contributed by atoms with E-state index in [0.29, 0.717) is 13.2 Å². The molecule has 0 bridgehead atoms. The van der Waals surface area contributed by atoms with Crippen molar-refractivity contribution in [3.8, 4) is 5.75 Å². The van der Waals surface area contributed by atoms with E-state index in [0.717, 1.165) is 27.0 Å². The molecule has 0 saturated carbocycles. The average molecular weight is 377 g/mol. The Hall–Kier alpha value is -2.01. The highest BCUT2D eigenvalue weighted by Gasteiger charge is 2.07. The summed E-state index contributed by atoms with van der Waals surface area (Å²) in [5.74, 6) is 0.902. The molecule has 0 unspecified atom stereocenters. The van der Waals surface area contributed by atoms with Gasteiger partial charge in [0.1, 0.15) is 12.4 Å². The summed E-state index contributed by atoms with van der Waals surface area (Å²) in [6, 6.07) is 11.3. The van der Waals surface area contributed by atoms with Crippen molar-refractivity contribution in [3.05, 3.63) is 57.6 Å². The largest absolute Gasteiger partial charge is 0.491 e. The van der Waals surface area contributed by atoms with Crippen LogP contribution in [0.15, 0.2) is 40.9 Å². The van der Waals surface area contributed by atoms with Crippen LogP contribution in [-0.2, 0) is 0 Å². The first-order valence-corrected chi connectivity index (χ1v) is 8.26. The molecule has 0 atom stereocenters. The van der Waals surface area contributed by atoms with Crippen molar-refractivity contribution < 1.29 is 9.53 Å². The van der Waals surface area contributed by atoms with Gasteiger partial charge in [0, 0.05) is 10.2 Å². The van der Waals surface area contributed by atoms with Gasteiger partial charge >= 0.3 is 6.03 Å². The molecule has 5 heteroatoms. The summed E-state index contributed by atoms with van der Waals surface area (Å²) in [6.45, 7) is 7.00. The van der Waals surface area contributed by atoms with E-state index in [4.69, 9.17) is 4.74 Å². The predicted molar refractivity (Wildman–Crippen MR) is 97.3 cm³/mol. The van der Waals surface area contributed by atoms with Gasteiger partial charge < -0.3 is 15.4 Å². The van der Waals surface area contributed by atoms with Crippen LogP contribution in [0.1, 0.15) is 16.7 Å². The molecule has 0 aliphatic carbocycles. The van der Waals surface area contributed by atoms with E-state index in [-0.39, 0.29) is 6.03 Å². The van der Waals surface area contributed by atoms with Crippen molar-refractivity contribution in [2.75, 3.05) is 18.5 Å². The Morgan fingerprint density at radius 2 is 1.87 bits per heavy atom. The van der Waals surface area contributed by atoms with E-state index in [2.05, 4.69) is 39.6 Å². The molecule has 23 heavy (non-hydrogen) atoms. The summed E-state index contributed by atoms with van der Waals surface area (Å²) in [5.41, 5.74) is 4.18. The maximum absolute atomic E-state index is 11.8. The molecule has 0 saturated heterocycles. The Balaban J connectivity index is 1.79. The molecule has 0 fully saturated rings. The summed E-state index contributed by atoms with van der Waals surface area (Å²) in [7, 11) is 0. The number of aryl methyl sites for hydroxylation is 2. The summed E-state index contributed by atoms with van der Waals surface area (Å²) < 4.78 is 6.74. The van der Waals surface area contributed by atoms with Crippen molar-refractivity contribution in [1.29, 1.82) is 0 Å². The molecule has 0 aromatic heterocycles. The van der Waals surface area contributed by atoms with Crippen LogP contribution in [0.5, 0.6) is 5.75 Å². The lowest BCUT2D eigenvalue weighted by Gasteiger charge is -2.14. The lowest BCUT2D eigenvalue weighted by atomic mass is 10.1. The van der Waals surface area contributed by atoms with Gasteiger partial charge in [0.25, 0.3) is 0 Å². The zero-order valence-electron chi connectivity index (χ0n) is 13.6. The number of urea groups is 1. The van der Waals surface area contributed by atoms with Crippen LogP contribution >= 0.6 is 15.9 Å². The second-order valence-corrected chi connectivity index (χ2v) is 6.31. The lowest BCUT2D eigenvalue weighted by molar-refractivity contribution is 0.247. The van der Waals surface area contributed by atoms with Gasteiger partial charge in [-0.05, 0) is 55.7 Å². The molecule has 0 aliphatic rings. The van der Waals surface area contributed by atoms with E-state index in [1.54, 1.807) is 0 Å². The molecular weight excluding hydrogens is 356 g/mol. The fourth-order valence-corrected chi connectivity index (χ4v) is 2.61. The number of carbonyl (C=O) groups is 1. The van der Waals surface area contributed by atoms with E-state index >= 15 is 0 Å². The van der Waals surface area contributed by atoms with Gasteiger partial charge in [0.2, 0.25) is 0 Å². The molecule has 0 spiro atoms. The third-order valence-corrected chi connectivity index (χ3v) is 4.08. The summed E-state index contributed by atoms with van der Waals surface area (Å²) in [4.78, 5) is 11.8. The minimum absolute atomic E-state index is 0.246. The van der Waals surface area contributed by atoms with Crippen molar-refractivity contribution in [3.63, 3.8) is 0 Å². The Morgan fingerprint density at radius 3 is 2.61 bits per heavy atom. The Labute approximate surface area is 145 Å². The number of halogens is 1. The number of nitrogens with one attached hydrogen (secondary N) is 2. The van der Waals surface area contributed by atoms with E-state index < -0.39 is 0 Å². The van der Waals surface area contributed by atoms with Crippen LogP contribution in [0.2, 0.25) is 0 Å². The number of carbonyl (C=O) groups excluding carboxylic acids is 1. The summed E-state index contributed by atoms with van der Waals surface area (Å²) in [5, 5.41) is 5.56. The third-order valence-electron chi connectivity index (χ3n) is 3.59. The topological polar surface area (TPSA) is 50.4 Å². The van der Waals surface area contributed by atoms with Gasteiger partial charge in [-0.25, -0.2) is 4.79 Å². The molecule has 122 valence electrons. The van der Waals surface area contributed by atoms with E-state index in [1.165, 1.54) is 5.56 Å². The molecule has 2 amide bonds. The molecule has 2 aromatic carbocycles. The Bertz CT molecular complexity index is 701. The molecule has 0 aliphatic heterocycles. The minimum atomic E-state index is -0.246. The number of hydrogen-bond donors (Lipinski definition) is 2. The standard InChI is InChI=1S/C18H21BrN2O2/c1-12-7-8-13(2)17(14(12)3)23-10-9-20-18(22)21-16-6-4-5-15(19)11-16/h4-8,11H,9-10H2,1-3H3,(H2,20,21,22). The number of hydrogen-bond acceptors (Lipinski definition) is 2. The highest BCUT2D eigenvalue weighted by Crippen LogP contribution is 2.25. The maximum atomic E-state index is 11.8. The van der Waals surface area contributed by atoms with Gasteiger partial charge in [-0.1, -0.05) is 34.1 Å². The number of rotatable bonds is 5. The van der Waals surface area contributed by atoms with Crippen LogP contribution in [0.25, 0.3) is 0 Å². The van der Waals surface area contributed by atoms with Crippen LogP contribution in [-0.4, -0.2) is 19.2 Å². The molecule has 0 radical (unpaired) electrons. The smallest absolute Gasteiger partial charge is 0.319 e. The SMILES string of the molecule is Cc1ccc(C)c(OCCNC(=O)Nc2cccc(Br)c2)c1C. The Kier molecular flexibility index (Phi) is 6.04. The molecule has 2 N–H and O–H groups in total. The second kappa shape index (κ2) is 8.02. The molecule has 2 rings (SSSR count). The number of amides is 2. The van der Waals surface area contributed by atoms with E-state index in [9.17, 15) is 4.79 Å². The fourth-order valence-electron chi connectivity index (χ4n) is 2.21. The first kappa shape index (κ1) is 17.3. The molecule has 2 aromatic rings. The lowest BCUT2D eigenvalue weighted by Crippen LogP contribution is -2.32. The van der Waals surface area contributed by atoms with Crippen LogP contribution in [0.4, 0.5) is 10.5 Å². The highest BCUT2D eigenvalue weighted by atomic mass is 79.9. The van der Waals surface area contributed by atoms with Gasteiger partial charge in [-0.2, -0.15) is 0 Å². The van der Waals surface area contributed by atoms with Crippen molar-refractivity contribution in [1.82, 2.24) is 5.32 Å². The highest BCUT2D eigenvalue weighted by molar-refractivity contribution is 9.10. The minimum Gasteiger partial charge on any atom is -0.491 e. The van der Waals surface area contributed by atoms with Gasteiger partial charge in [-0.3, -0.25) is 0 Å². The van der Waals surface area contributed by atoms with Crippen LogP contribution in [0, 0.1) is 20.8 Å². The third kappa shape index (κ3) is 4.99. The zero-order valence-corrected chi connectivity index (χ0v) is 15.2. The van der Waals surface area contributed by atoms with E-state index in [1.807, 2.05) is 44.2 Å². The van der Waals surface area contributed by atoms with Crippen molar-refractivity contribution in [2.24, 2.45) is 0 Å². The Morgan fingerprint density at radius 1 is 1.13 bits per heavy atom. The summed E-state index contributed by atoms with van der Waals surface area (Å²) in [6.07, 6.45) is 0. The maximum Gasteiger partial charge on any atom is 0.319 e. The normalized spacial score (nSPS) is 10.3. The molecule has 4 nitrogen and oxygen atoms in total. The number of anilines is 1. The zero-order chi connectivity index (χ0) is 16.8. The first-order valence-electron chi connectivity index (χ1n) is 7.47. The predicted octanol–water partition coefficient (Wildman–Crippen LogP) is 4.57. The molecule has 0 heterocycles. The second-order valence-electron chi connectivity index (χ2n) is 5.39. The number of ether oxygens (including phenoxy) is 1. The van der Waals surface area contributed by atoms with Gasteiger partial charge in [0.05, 0.1) is 6.54 Å². The summed E-state index contributed by atoms with van der Waals surface area (Å²) >= 11 is 3.37. The fraction of sp³-hybridized carbons (Fsp3) is 0.278. The monoisotopic (exact) mass is 376 g/mol. The van der Waals surface area contributed by atoms with Gasteiger partial charge in [0.15, 0.2) is 0 Å². The van der Waals surface area contributed by atoms with Gasteiger partial charge in [-0.15, -0.1) is 0 Å². The van der Waals surface area contributed by atoms with Crippen molar-refractivity contribution in [2.45, 2.75) is 20.8 Å². The van der Waals surface area contributed by atoms with Crippen molar-refractivity contribution >= 4 is 27.6 Å².